The van der Waals surface area contributed by atoms with Crippen molar-refractivity contribution in [3.05, 3.63) is 35.2 Å². The fraction of sp³-hybridized carbons (Fsp3) is 0.333. The molecule has 0 heterocycles. The Labute approximate surface area is 83.4 Å². The van der Waals surface area contributed by atoms with E-state index in [1.165, 1.54) is 42.5 Å². The molecule has 0 unspecified atom stereocenters. The molecule has 14 heavy (non-hydrogen) atoms. The summed E-state index contributed by atoms with van der Waals surface area (Å²) in [7, 11) is 0. The van der Waals surface area contributed by atoms with Gasteiger partial charge in [0.2, 0.25) is 0 Å². The third-order valence-electron chi connectivity index (χ3n) is 2.91. The summed E-state index contributed by atoms with van der Waals surface area (Å²) in [4.78, 5) is 0. The Morgan fingerprint density at radius 1 is 1.36 bits per heavy atom. The molecule has 74 valence electrons. The Balaban J connectivity index is 2.41. The summed E-state index contributed by atoms with van der Waals surface area (Å²) in [6, 6.07) is 4.62. The van der Waals surface area contributed by atoms with Gasteiger partial charge in [0, 0.05) is 11.3 Å². The van der Waals surface area contributed by atoms with Crippen molar-refractivity contribution in [1.29, 1.82) is 0 Å². The van der Waals surface area contributed by atoms with Crippen LogP contribution in [0.4, 0.5) is 10.1 Å². The molecular weight excluding hydrogens is 177 g/mol. The Morgan fingerprint density at radius 3 is 2.57 bits per heavy atom. The van der Waals surface area contributed by atoms with Crippen LogP contribution in [-0.4, -0.2) is 0 Å². The SMILES string of the molecule is CC(=C1CCC1)c1ccc(F)cc1N. The van der Waals surface area contributed by atoms with Crippen LogP contribution in [0.2, 0.25) is 0 Å². The molecule has 0 radical (unpaired) electrons. The Kier molecular flexibility index (Phi) is 2.28. The molecule has 1 aliphatic carbocycles. The molecule has 0 saturated heterocycles. The van der Waals surface area contributed by atoms with Crippen LogP contribution >= 0.6 is 0 Å². The van der Waals surface area contributed by atoms with Crippen LogP contribution in [0.3, 0.4) is 0 Å². The summed E-state index contributed by atoms with van der Waals surface area (Å²) in [6.45, 7) is 2.07. The predicted octanol–water partition coefficient (Wildman–Crippen LogP) is 3.37. The second-order valence-corrected chi connectivity index (χ2v) is 3.81. The van der Waals surface area contributed by atoms with Gasteiger partial charge in [-0.05, 0) is 50.0 Å². The molecule has 1 aromatic rings. The van der Waals surface area contributed by atoms with Gasteiger partial charge in [0.25, 0.3) is 0 Å². The van der Waals surface area contributed by atoms with E-state index in [1.54, 1.807) is 6.07 Å². The lowest BCUT2D eigenvalue weighted by molar-refractivity contribution is 0.628. The van der Waals surface area contributed by atoms with Crippen molar-refractivity contribution in [2.75, 3.05) is 5.73 Å². The fourth-order valence-corrected chi connectivity index (χ4v) is 1.79. The molecule has 1 fully saturated rings. The van der Waals surface area contributed by atoms with Gasteiger partial charge in [-0.3, -0.25) is 0 Å². The molecule has 0 atom stereocenters. The van der Waals surface area contributed by atoms with Crippen LogP contribution in [0.1, 0.15) is 31.7 Å². The highest BCUT2D eigenvalue weighted by Gasteiger charge is 2.14. The van der Waals surface area contributed by atoms with Crippen LogP contribution in [0.5, 0.6) is 0 Å². The maximum absolute atomic E-state index is 12.8. The summed E-state index contributed by atoms with van der Waals surface area (Å²) < 4.78 is 12.8. The first-order valence-corrected chi connectivity index (χ1v) is 4.92. The highest BCUT2D eigenvalue weighted by atomic mass is 19.1. The summed E-state index contributed by atoms with van der Waals surface area (Å²) >= 11 is 0. The van der Waals surface area contributed by atoms with Crippen LogP contribution < -0.4 is 5.73 Å². The number of benzene rings is 1. The van der Waals surface area contributed by atoms with Crippen molar-refractivity contribution in [3.8, 4) is 0 Å². The standard InChI is InChI=1S/C12H14FN/c1-8(9-3-2-4-9)11-6-5-10(13)7-12(11)14/h5-7H,2-4,14H2,1H3. The molecule has 0 spiro atoms. The second-order valence-electron chi connectivity index (χ2n) is 3.81. The van der Waals surface area contributed by atoms with E-state index in [0.29, 0.717) is 5.69 Å². The van der Waals surface area contributed by atoms with Gasteiger partial charge in [-0.25, -0.2) is 4.39 Å². The average molecular weight is 191 g/mol. The van der Waals surface area contributed by atoms with Gasteiger partial charge in [0.05, 0.1) is 0 Å². The predicted molar refractivity (Wildman–Crippen MR) is 57.3 cm³/mol. The number of hydrogen-bond acceptors (Lipinski definition) is 1. The average Bonchev–Trinajstić information content (AvgIpc) is 2.00. The lowest BCUT2D eigenvalue weighted by atomic mass is 9.85. The van der Waals surface area contributed by atoms with Crippen molar-refractivity contribution in [3.63, 3.8) is 0 Å². The molecule has 0 aliphatic heterocycles. The molecule has 1 nitrogen and oxygen atoms in total. The molecule has 2 heteroatoms. The summed E-state index contributed by atoms with van der Waals surface area (Å²) in [5.41, 5.74) is 9.99. The van der Waals surface area contributed by atoms with Gasteiger partial charge in [-0.2, -0.15) is 0 Å². The van der Waals surface area contributed by atoms with Gasteiger partial charge in [-0.1, -0.05) is 5.57 Å². The Bertz CT molecular complexity index is 387. The number of allylic oxidation sites excluding steroid dienone is 2. The summed E-state index contributed by atoms with van der Waals surface area (Å²) in [6.07, 6.45) is 3.61. The van der Waals surface area contributed by atoms with Gasteiger partial charge < -0.3 is 5.73 Å². The smallest absolute Gasteiger partial charge is 0.125 e. The lowest BCUT2D eigenvalue weighted by Gasteiger charge is -2.21. The van der Waals surface area contributed by atoms with E-state index < -0.39 is 0 Å². The zero-order valence-electron chi connectivity index (χ0n) is 8.31. The van der Waals surface area contributed by atoms with Crippen LogP contribution in [0.15, 0.2) is 23.8 Å². The van der Waals surface area contributed by atoms with Gasteiger partial charge in [-0.15, -0.1) is 0 Å². The topological polar surface area (TPSA) is 26.0 Å². The first kappa shape index (κ1) is 9.25. The highest BCUT2D eigenvalue weighted by molar-refractivity contribution is 5.76. The molecule has 1 aliphatic rings. The van der Waals surface area contributed by atoms with E-state index in [1.807, 2.05) is 0 Å². The molecule has 1 saturated carbocycles. The fourth-order valence-electron chi connectivity index (χ4n) is 1.79. The molecular formula is C12H14FN. The number of rotatable bonds is 1. The van der Waals surface area contributed by atoms with Crippen LogP contribution in [-0.2, 0) is 0 Å². The van der Waals surface area contributed by atoms with E-state index in [9.17, 15) is 4.39 Å². The van der Waals surface area contributed by atoms with E-state index in [0.717, 1.165) is 5.56 Å². The van der Waals surface area contributed by atoms with Gasteiger partial charge in [0.1, 0.15) is 5.82 Å². The number of nitrogens with two attached hydrogens (primary N) is 1. The summed E-state index contributed by atoms with van der Waals surface area (Å²) in [5.74, 6) is -0.266. The molecule has 0 aromatic heterocycles. The third-order valence-corrected chi connectivity index (χ3v) is 2.91. The van der Waals surface area contributed by atoms with Crippen molar-refractivity contribution in [2.24, 2.45) is 0 Å². The van der Waals surface area contributed by atoms with E-state index in [4.69, 9.17) is 5.73 Å². The van der Waals surface area contributed by atoms with Gasteiger partial charge >= 0.3 is 0 Å². The Morgan fingerprint density at radius 2 is 2.07 bits per heavy atom. The lowest BCUT2D eigenvalue weighted by Crippen LogP contribution is -2.02. The van der Waals surface area contributed by atoms with E-state index in [2.05, 4.69) is 6.92 Å². The highest BCUT2D eigenvalue weighted by Crippen LogP contribution is 2.35. The second kappa shape index (κ2) is 3.45. The summed E-state index contributed by atoms with van der Waals surface area (Å²) in [5, 5.41) is 0. The molecule has 0 amide bonds. The normalized spacial score (nSPS) is 15.1. The number of anilines is 1. The minimum absolute atomic E-state index is 0.266. The maximum atomic E-state index is 12.8. The van der Waals surface area contributed by atoms with Crippen LogP contribution in [0.25, 0.3) is 5.57 Å². The molecule has 0 bridgehead atoms. The zero-order valence-corrected chi connectivity index (χ0v) is 8.31. The van der Waals surface area contributed by atoms with E-state index in [-0.39, 0.29) is 5.82 Å². The first-order valence-electron chi connectivity index (χ1n) is 4.92. The van der Waals surface area contributed by atoms with Crippen molar-refractivity contribution >= 4 is 11.3 Å². The minimum atomic E-state index is -0.266. The monoisotopic (exact) mass is 191 g/mol. The molecule has 2 N–H and O–H groups in total. The molecule has 2 rings (SSSR count). The Hall–Kier alpha value is -1.31. The molecule has 1 aromatic carbocycles. The van der Waals surface area contributed by atoms with Crippen molar-refractivity contribution in [1.82, 2.24) is 0 Å². The van der Waals surface area contributed by atoms with E-state index >= 15 is 0 Å². The largest absolute Gasteiger partial charge is 0.398 e. The number of hydrogen-bond donors (Lipinski definition) is 1. The van der Waals surface area contributed by atoms with Gasteiger partial charge in [0.15, 0.2) is 0 Å². The minimum Gasteiger partial charge on any atom is -0.398 e. The number of nitrogen functional groups attached to an aromatic ring is 1. The first-order chi connectivity index (χ1) is 6.68. The van der Waals surface area contributed by atoms with Crippen molar-refractivity contribution < 1.29 is 4.39 Å². The van der Waals surface area contributed by atoms with Crippen molar-refractivity contribution in [2.45, 2.75) is 26.2 Å². The number of halogens is 1. The zero-order chi connectivity index (χ0) is 10.1. The third kappa shape index (κ3) is 1.52. The van der Waals surface area contributed by atoms with Crippen LogP contribution in [0, 0.1) is 5.82 Å². The maximum Gasteiger partial charge on any atom is 0.125 e. The quantitative estimate of drug-likeness (QED) is 0.677.